The number of rotatable bonds is 7. The first-order chi connectivity index (χ1) is 10.1. The van der Waals surface area contributed by atoms with Crippen molar-refractivity contribution >= 4 is 15.9 Å². The predicted octanol–water partition coefficient (Wildman–Crippen LogP) is 4.09. The van der Waals surface area contributed by atoms with Crippen LogP contribution in [0.25, 0.3) is 0 Å². The third kappa shape index (κ3) is 6.50. The van der Waals surface area contributed by atoms with Gasteiger partial charge >= 0.3 is 0 Å². The first-order valence-corrected chi connectivity index (χ1v) is 9.13. The van der Waals surface area contributed by atoms with Gasteiger partial charge in [0.15, 0.2) is 0 Å². The molecule has 1 aliphatic heterocycles. The molecule has 0 bridgehead atoms. The third-order valence-electron chi connectivity index (χ3n) is 4.48. The van der Waals surface area contributed by atoms with E-state index in [0.717, 1.165) is 23.4 Å². The number of hydrogen-bond donors (Lipinski definition) is 1. The van der Waals surface area contributed by atoms with E-state index in [1.807, 2.05) is 0 Å². The van der Waals surface area contributed by atoms with Gasteiger partial charge in [0, 0.05) is 10.5 Å². The summed E-state index contributed by atoms with van der Waals surface area (Å²) in [5.41, 5.74) is 1.41. The van der Waals surface area contributed by atoms with E-state index in [9.17, 15) is 0 Å². The van der Waals surface area contributed by atoms with Crippen LogP contribution in [0.1, 0.15) is 38.7 Å². The predicted molar refractivity (Wildman–Crippen MR) is 94.8 cm³/mol. The van der Waals surface area contributed by atoms with Crippen LogP contribution >= 0.6 is 15.9 Å². The molecule has 1 aliphatic rings. The molecule has 1 N–H and O–H groups in total. The molecule has 1 saturated heterocycles. The molecule has 2 rings (SSSR count). The smallest absolute Gasteiger partial charge is 0.0175 e. The molecule has 1 unspecified atom stereocenters. The number of nitrogens with zero attached hydrogens (tertiary/aromatic N) is 1. The lowest BCUT2D eigenvalue weighted by Crippen LogP contribution is -2.36. The topological polar surface area (TPSA) is 15.3 Å². The average molecular weight is 353 g/mol. The summed E-state index contributed by atoms with van der Waals surface area (Å²) in [4.78, 5) is 2.63. The molecule has 0 radical (unpaired) electrons. The van der Waals surface area contributed by atoms with Crippen molar-refractivity contribution in [3.63, 3.8) is 0 Å². The van der Waals surface area contributed by atoms with Crippen molar-refractivity contribution in [2.45, 2.75) is 45.6 Å². The molecule has 0 aliphatic carbocycles. The van der Waals surface area contributed by atoms with Crippen LogP contribution in [0.2, 0.25) is 0 Å². The summed E-state index contributed by atoms with van der Waals surface area (Å²) in [6.45, 7) is 9.65. The maximum absolute atomic E-state index is 3.66. The molecule has 1 atom stereocenters. The van der Waals surface area contributed by atoms with Crippen LogP contribution in [0.4, 0.5) is 0 Å². The van der Waals surface area contributed by atoms with Gasteiger partial charge in [-0.25, -0.2) is 0 Å². The van der Waals surface area contributed by atoms with E-state index in [2.05, 4.69) is 64.3 Å². The molecule has 1 aromatic rings. The lowest BCUT2D eigenvalue weighted by Gasteiger charge is -2.30. The zero-order chi connectivity index (χ0) is 15.1. The SMILES string of the molecule is CC1CCN(CCCNC(C)Cc2ccc(Br)cc2)CC1. The molecule has 118 valence electrons. The van der Waals surface area contributed by atoms with Crippen LogP contribution in [0.15, 0.2) is 28.7 Å². The zero-order valence-electron chi connectivity index (χ0n) is 13.4. The van der Waals surface area contributed by atoms with Crippen molar-refractivity contribution in [1.82, 2.24) is 10.2 Å². The first-order valence-electron chi connectivity index (χ1n) is 8.33. The van der Waals surface area contributed by atoms with Crippen molar-refractivity contribution in [1.29, 1.82) is 0 Å². The van der Waals surface area contributed by atoms with Gasteiger partial charge < -0.3 is 10.2 Å². The van der Waals surface area contributed by atoms with Crippen LogP contribution in [-0.2, 0) is 6.42 Å². The van der Waals surface area contributed by atoms with Gasteiger partial charge in [0.25, 0.3) is 0 Å². The third-order valence-corrected chi connectivity index (χ3v) is 5.00. The summed E-state index contributed by atoms with van der Waals surface area (Å²) in [5, 5.41) is 3.66. The summed E-state index contributed by atoms with van der Waals surface area (Å²) in [5.74, 6) is 0.935. The number of likely N-dealkylation sites (tertiary alicyclic amines) is 1. The average Bonchev–Trinajstić information content (AvgIpc) is 2.48. The quantitative estimate of drug-likeness (QED) is 0.743. The fraction of sp³-hybridized carbons (Fsp3) is 0.667. The second-order valence-electron chi connectivity index (χ2n) is 6.56. The number of nitrogens with one attached hydrogen (secondary N) is 1. The molecular formula is C18H29BrN2. The van der Waals surface area contributed by atoms with Gasteiger partial charge in [-0.1, -0.05) is 35.0 Å². The molecule has 1 aromatic carbocycles. The highest BCUT2D eigenvalue weighted by Crippen LogP contribution is 2.15. The van der Waals surface area contributed by atoms with E-state index < -0.39 is 0 Å². The van der Waals surface area contributed by atoms with Gasteiger partial charge in [-0.15, -0.1) is 0 Å². The molecule has 3 heteroatoms. The minimum Gasteiger partial charge on any atom is -0.314 e. The summed E-state index contributed by atoms with van der Waals surface area (Å²) in [6, 6.07) is 9.21. The lowest BCUT2D eigenvalue weighted by atomic mass is 9.99. The number of benzene rings is 1. The Morgan fingerprint density at radius 2 is 1.90 bits per heavy atom. The van der Waals surface area contributed by atoms with Crippen LogP contribution in [0.3, 0.4) is 0 Å². The van der Waals surface area contributed by atoms with Gasteiger partial charge in [-0.3, -0.25) is 0 Å². The largest absolute Gasteiger partial charge is 0.314 e. The maximum atomic E-state index is 3.66. The number of halogens is 1. The van der Waals surface area contributed by atoms with Crippen LogP contribution < -0.4 is 5.32 Å². The summed E-state index contributed by atoms with van der Waals surface area (Å²) in [7, 11) is 0. The summed E-state index contributed by atoms with van der Waals surface area (Å²) < 4.78 is 1.16. The molecule has 0 spiro atoms. The highest BCUT2D eigenvalue weighted by Gasteiger charge is 2.14. The zero-order valence-corrected chi connectivity index (χ0v) is 15.0. The van der Waals surface area contributed by atoms with E-state index >= 15 is 0 Å². The molecule has 21 heavy (non-hydrogen) atoms. The Kier molecular flexibility index (Phi) is 7.21. The van der Waals surface area contributed by atoms with E-state index in [1.165, 1.54) is 44.5 Å². The lowest BCUT2D eigenvalue weighted by molar-refractivity contribution is 0.190. The summed E-state index contributed by atoms with van der Waals surface area (Å²) >= 11 is 3.48. The van der Waals surface area contributed by atoms with Crippen LogP contribution in [0.5, 0.6) is 0 Å². The minimum absolute atomic E-state index is 0.549. The first kappa shape index (κ1) is 17.0. The molecule has 1 heterocycles. The minimum atomic E-state index is 0.549. The van der Waals surface area contributed by atoms with Crippen molar-refractivity contribution in [3.8, 4) is 0 Å². The number of hydrogen-bond acceptors (Lipinski definition) is 2. The monoisotopic (exact) mass is 352 g/mol. The number of piperidine rings is 1. The Balaban J connectivity index is 1.57. The Hall–Kier alpha value is -0.380. The molecule has 0 aromatic heterocycles. The molecule has 1 fully saturated rings. The molecule has 0 amide bonds. The van der Waals surface area contributed by atoms with Gasteiger partial charge in [-0.05, 0) is 82.4 Å². The fourth-order valence-electron chi connectivity index (χ4n) is 2.98. The van der Waals surface area contributed by atoms with Crippen molar-refractivity contribution in [2.75, 3.05) is 26.2 Å². The van der Waals surface area contributed by atoms with Crippen molar-refractivity contribution < 1.29 is 0 Å². The Morgan fingerprint density at radius 1 is 1.24 bits per heavy atom. The molecule has 2 nitrogen and oxygen atoms in total. The molecular weight excluding hydrogens is 324 g/mol. The van der Waals surface area contributed by atoms with E-state index in [4.69, 9.17) is 0 Å². The van der Waals surface area contributed by atoms with Gasteiger partial charge in [-0.2, -0.15) is 0 Å². The highest BCUT2D eigenvalue weighted by atomic mass is 79.9. The van der Waals surface area contributed by atoms with E-state index in [0.29, 0.717) is 6.04 Å². The highest BCUT2D eigenvalue weighted by molar-refractivity contribution is 9.10. The second-order valence-corrected chi connectivity index (χ2v) is 7.48. The van der Waals surface area contributed by atoms with Crippen LogP contribution in [0, 0.1) is 5.92 Å². The van der Waals surface area contributed by atoms with Crippen LogP contribution in [-0.4, -0.2) is 37.1 Å². The van der Waals surface area contributed by atoms with E-state index in [-0.39, 0.29) is 0 Å². The standard InChI is InChI=1S/C18H29BrN2/c1-15-8-12-21(13-9-15)11-3-10-20-16(2)14-17-4-6-18(19)7-5-17/h4-7,15-16,20H,3,8-14H2,1-2H3. The summed E-state index contributed by atoms with van der Waals surface area (Å²) in [6.07, 6.45) is 5.13. The van der Waals surface area contributed by atoms with Crippen molar-refractivity contribution in [2.24, 2.45) is 5.92 Å². The fourth-order valence-corrected chi connectivity index (χ4v) is 3.25. The van der Waals surface area contributed by atoms with Gasteiger partial charge in [0.2, 0.25) is 0 Å². The van der Waals surface area contributed by atoms with Gasteiger partial charge in [0.05, 0.1) is 0 Å². The Morgan fingerprint density at radius 3 is 2.57 bits per heavy atom. The maximum Gasteiger partial charge on any atom is 0.0175 e. The van der Waals surface area contributed by atoms with E-state index in [1.54, 1.807) is 0 Å². The van der Waals surface area contributed by atoms with Gasteiger partial charge in [0.1, 0.15) is 0 Å². The second kappa shape index (κ2) is 8.92. The normalized spacial score (nSPS) is 18.8. The van der Waals surface area contributed by atoms with Crippen molar-refractivity contribution in [3.05, 3.63) is 34.3 Å². The molecule has 0 saturated carbocycles. The Labute approximate surface area is 138 Å². The Bertz CT molecular complexity index is 396.